The summed E-state index contributed by atoms with van der Waals surface area (Å²) in [6, 6.07) is 0.982. The average molecular weight is 282 g/mol. The zero-order valence-corrected chi connectivity index (χ0v) is 13.6. The molecule has 0 bridgehead atoms. The van der Waals surface area contributed by atoms with Gasteiger partial charge in [-0.25, -0.2) is 0 Å². The van der Waals surface area contributed by atoms with Crippen LogP contribution < -0.4 is 11.3 Å². The van der Waals surface area contributed by atoms with E-state index in [0.717, 1.165) is 18.4 Å². The van der Waals surface area contributed by atoms with Crippen LogP contribution in [0.4, 0.5) is 0 Å². The van der Waals surface area contributed by atoms with Gasteiger partial charge in [0.1, 0.15) is 0 Å². The van der Waals surface area contributed by atoms with E-state index in [1.54, 1.807) is 0 Å². The van der Waals surface area contributed by atoms with Crippen molar-refractivity contribution in [2.45, 2.75) is 57.5 Å². The van der Waals surface area contributed by atoms with Crippen molar-refractivity contribution in [1.29, 1.82) is 0 Å². The lowest BCUT2D eigenvalue weighted by Crippen LogP contribution is -2.59. The number of nitrogens with two attached hydrogens (primary N) is 1. The summed E-state index contributed by atoms with van der Waals surface area (Å²) in [5, 5.41) is 0. The Morgan fingerprint density at radius 3 is 2.60 bits per heavy atom. The molecule has 4 atom stereocenters. The van der Waals surface area contributed by atoms with Gasteiger partial charge in [-0.05, 0) is 51.9 Å². The van der Waals surface area contributed by atoms with Gasteiger partial charge in [0.2, 0.25) is 0 Å². The first-order valence-electron chi connectivity index (χ1n) is 8.52. The Labute approximate surface area is 125 Å². The summed E-state index contributed by atoms with van der Waals surface area (Å²) < 4.78 is 0. The van der Waals surface area contributed by atoms with Gasteiger partial charge in [-0.3, -0.25) is 11.3 Å². The minimum atomic E-state index is 0.436. The number of hydrogen-bond donors (Lipinski definition) is 2. The molecule has 1 aliphatic heterocycles. The van der Waals surface area contributed by atoms with Crippen LogP contribution in [-0.2, 0) is 0 Å². The molecule has 3 N–H and O–H groups in total. The summed E-state index contributed by atoms with van der Waals surface area (Å²) >= 11 is 0. The minimum Gasteiger partial charge on any atom is -0.305 e. The van der Waals surface area contributed by atoms with Crippen molar-refractivity contribution in [2.24, 2.45) is 17.7 Å². The van der Waals surface area contributed by atoms with Crippen LogP contribution in [0.25, 0.3) is 0 Å². The molecule has 1 heterocycles. The Balaban J connectivity index is 2.11. The molecular weight excluding hydrogens is 248 g/mol. The van der Waals surface area contributed by atoms with Gasteiger partial charge in [0.25, 0.3) is 0 Å². The summed E-state index contributed by atoms with van der Waals surface area (Å²) in [6.07, 6.45) is 8.10. The van der Waals surface area contributed by atoms with Crippen molar-refractivity contribution in [2.75, 3.05) is 33.7 Å². The molecule has 2 rings (SSSR count). The van der Waals surface area contributed by atoms with Crippen molar-refractivity contribution in [1.82, 2.24) is 15.2 Å². The molecule has 1 aliphatic carbocycles. The molecule has 4 nitrogen and oxygen atoms in total. The van der Waals surface area contributed by atoms with E-state index in [0.29, 0.717) is 12.1 Å². The molecule has 0 aromatic heterocycles. The number of hydrogen-bond acceptors (Lipinski definition) is 4. The van der Waals surface area contributed by atoms with Crippen LogP contribution in [0.5, 0.6) is 0 Å². The lowest BCUT2D eigenvalue weighted by Gasteiger charge is -2.43. The second-order valence-corrected chi connectivity index (χ2v) is 6.97. The van der Waals surface area contributed by atoms with Gasteiger partial charge < -0.3 is 9.80 Å². The first-order chi connectivity index (χ1) is 9.67. The molecule has 2 fully saturated rings. The Kier molecular flexibility index (Phi) is 6.27. The van der Waals surface area contributed by atoms with Crippen molar-refractivity contribution in [3.63, 3.8) is 0 Å². The van der Waals surface area contributed by atoms with Crippen LogP contribution in [0.15, 0.2) is 0 Å². The Hall–Kier alpha value is -0.160. The highest BCUT2D eigenvalue weighted by Gasteiger charge is 2.37. The van der Waals surface area contributed by atoms with Gasteiger partial charge in [-0.2, -0.15) is 0 Å². The molecule has 118 valence electrons. The van der Waals surface area contributed by atoms with Crippen molar-refractivity contribution in [3.8, 4) is 0 Å². The van der Waals surface area contributed by atoms with E-state index in [2.05, 4.69) is 36.2 Å². The van der Waals surface area contributed by atoms with E-state index in [1.165, 1.54) is 51.6 Å². The van der Waals surface area contributed by atoms with Crippen LogP contribution in [0.1, 0.15) is 45.4 Å². The second-order valence-electron chi connectivity index (χ2n) is 6.97. The number of hydrazine groups is 1. The first kappa shape index (κ1) is 16.2. The molecule has 2 aliphatic rings. The van der Waals surface area contributed by atoms with Crippen LogP contribution in [0.2, 0.25) is 0 Å². The number of rotatable bonds is 4. The SMILES string of the molecule is CCC1CCCCC1C(NN)C1CN(C)CCCN1C. The highest BCUT2D eigenvalue weighted by atomic mass is 15.3. The largest absolute Gasteiger partial charge is 0.305 e. The summed E-state index contributed by atoms with van der Waals surface area (Å²) in [7, 11) is 4.52. The Morgan fingerprint density at radius 2 is 1.90 bits per heavy atom. The van der Waals surface area contributed by atoms with Gasteiger partial charge in [0, 0.05) is 18.6 Å². The maximum atomic E-state index is 6.01. The van der Waals surface area contributed by atoms with E-state index in [9.17, 15) is 0 Å². The van der Waals surface area contributed by atoms with E-state index in [4.69, 9.17) is 5.84 Å². The predicted molar refractivity (Wildman–Crippen MR) is 85.4 cm³/mol. The van der Waals surface area contributed by atoms with Gasteiger partial charge in [0.15, 0.2) is 0 Å². The molecule has 0 aromatic carbocycles. The van der Waals surface area contributed by atoms with Gasteiger partial charge >= 0.3 is 0 Å². The zero-order valence-electron chi connectivity index (χ0n) is 13.6. The quantitative estimate of drug-likeness (QED) is 0.608. The summed E-state index contributed by atoms with van der Waals surface area (Å²) in [5.74, 6) is 7.62. The molecular formula is C16H34N4. The fourth-order valence-corrected chi connectivity index (χ4v) is 4.43. The summed E-state index contributed by atoms with van der Waals surface area (Å²) in [5.41, 5.74) is 3.22. The summed E-state index contributed by atoms with van der Waals surface area (Å²) in [4.78, 5) is 5.01. The predicted octanol–water partition coefficient (Wildman–Crippen LogP) is 1.67. The van der Waals surface area contributed by atoms with Gasteiger partial charge in [-0.15, -0.1) is 0 Å². The molecule has 1 saturated carbocycles. The second kappa shape index (κ2) is 7.74. The van der Waals surface area contributed by atoms with E-state index >= 15 is 0 Å². The molecule has 1 saturated heterocycles. The number of nitrogens with zero attached hydrogens (tertiary/aromatic N) is 2. The molecule has 0 aromatic rings. The molecule has 0 spiro atoms. The fourth-order valence-electron chi connectivity index (χ4n) is 4.43. The van der Waals surface area contributed by atoms with E-state index in [1.807, 2.05) is 0 Å². The fraction of sp³-hybridized carbons (Fsp3) is 1.00. The minimum absolute atomic E-state index is 0.436. The van der Waals surface area contributed by atoms with E-state index < -0.39 is 0 Å². The number of likely N-dealkylation sites (N-methyl/N-ethyl adjacent to an activating group) is 2. The lowest BCUT2D eigenvalue weighted by atomic mass is 9.72. The third-order valence-corrected chi connectivity index (χ3v) is 5.68. The van der Waals surface area contributed by atoms with Gasteiger partial charge in [0.05, 0.1) is 0 Å². The topological polar surface area (TPSA) is 44.5 Å². The molecule has 4 heteroatoms. The standard InChI is InChI=1S/C16H34N4/c1-4-13-8-5-6-9-14(13)16(18-17)15-12-19(2)10-7-11-20(15)3/h13-16,18H,4-12,17H2,1-3H3. The van der Waals surface area contributed by atoms with Crippen LogP contribution in [0.3, 0.4) is 0 Å². The zero-order chi connectivity index (χ0) is 14.5. The molecule has 0 amide bonds. The highest BCUT2D eigenvalue weighted by Crippen LogP contribution is 2.36. The van der Waals surface area contributed by atoms with Crippen molar-refractivity contribution >= 4 is 0 Å². The van der Waals surface area contributed by atoms with Crippen molar-refractivity contribution in [3.05, 3.63) is 0 Å². The third kappa shape index (κ3) is 3.73. The maximum absolute atomic E-state index is 6.01. The van der Waals surface area contributed by atoms with Crippen LogP contribution in [-0.4, -0.2) is 55.6 Å². The lowest BCUT2D eigenvalue weighted by molar-refractivity contribution is 0.0921. The first-order valence-corrected chi connectivity index (χ1v) is 8.52. The molecule has 0 radical (unpaired) electrons. The van der Waals surface area contributed by atoms with Crippen molar-refractivity contribution < 1.29 is 0 Å². The smallest absolute Gasteiger partial charge is 0.0409 e. The van der Waals surface area contributed by atoms with Crippen LogP contribution >= 0.6 is 0 Å². The number of nitrogens with one attached hydrogen (secondary N) is 1. The monoisotopic (exact) mass is 282 g/mol. The Morgan fingerprint density at radius 1 is 1.15 bits per heavy atom. The maximum Gasteiger partial charge on any atom is 0.0409 e. The highest BCUT2D eigenvalue weighted by molar-refractivity contribution is 4.94. The average Bonchev–Trinajstić information content (AvgIpc) is 2.62. The summed E-state index contributed by atoms with van der Waals surface area (Å²) in [6.45, 7) is 5.88. The normalized spacial score (nSPS) is 35.7. The van der Waals surface area contributed by atoms with Crippen LogP contribution in [0, 0.1) is 11.8 Å². The third-order valence-electron chi connectivity index (χ3n) is 5.68. The van der Waals surface area contributed by atoms with Gasteiger partial charge in [-0.1, -0.05) is 32.6 Å². The van der Waals surface area contributed by atoms with E-state index in [-0.39, 0.29) is 0 Å². The Bertz CT molecular complexity index is 284. The molecule has 20 heavy (non-hydrogen) atoms. The molecule has 4 unspecified atom stereocenters.